The summed E-state index contributed by atoms with van der Waals surface area (Å²) in [7, 11) is 0. The molecule has 1 aromatic rings. The van der Waals surface area contributed by atoms with Crippen LogP contribution in [0.3, 0.4) is 0 Å². The van der Waals surface area contributed by atoms with E-state index in [9.17, 15) is 9.59 Å². The Morgan fingerprint density at radius 3 is 2.76 bits per heavy atom. The second-order valence-corrected chi connectivity index (χ2v) is 5.63. The average molecular weight is 290 g/mol. The fourth-order valence-electron chi connectivity index (χ4n) is 2.65. The highest BCUT2D eigenvalue weighted by atomic mass is 16.4. The number of amides is 1. The van der Waals surface area contributed by atoms with Crippen molar-refractivity contribution < 1.29 is 14.7 Å². The lowest BCUT2D eigenvalue weighted by Gasteiger charge is -2.32. The Hall–Kier alpha value is -1.88. The molecule has 5 heteroatoms. The fourth-order valence-corrected chi connectivity index (χ4v) is 2.65. The lowest BCUT2D eigenvalue weighted by Crippen LogP contribution is -2.47. The van der Waals surface area contributed by atoms with Crippen molar-refractivity contribution in [2.24, 2.45) is 5.92 Å². The average Bonchev–Trinajstić information content (AvgIpc) is 2.48. The molecule has 1 amide bonds. The Bertz CT molecular complexity index is 490. The molecule has 2 atom stereocenters. The van der Waals surface area contributed by atoms with Crippen molar-refractivity contribution >= 4 is 11.9 Å². The first-order chi connectivity index (χ1) is 10.1. The van der Waals surface area contributed by atoms with Gasteiger partial charge in [-0.15, -0.1) is 0 Å². The summed E-state index contributed by atoms with van der Waals surface area (Å²) >= 11 is 0. The molecular formula is C16H22N2O3. The van der Waals surface area contributed by atoms with Crippen LogP contribution in [0.1, 0.15) is 25.3 Å². The first-order valence-corrected chi connectivity index (χ1v) is 7.35. The highest BCUT2D eigenvalue weighted by Crippen LogP contribution is 2.19. The number of hydrogen-bond donors (Lipinski definition) is 2. The molecule has 0 spiro atoms. The Morgan fingerprint density at radius 2 is 2.10 bits per heavy atom. The van der Waals surface area contributed by atoms with Gasteiger partial charge in [0.15, 0.2) is 0 Å². The molecule has 2 N–H and O–H groups in total. The molecule has 1 unspecified atom stereocenters. The molecule has 0 radical (unpaired) electrons. The van der Waals surface area contributed by atoms with Crippen LogP contribution in [0.15, 0.2) is 30.3 Å². The number of nitrogens with one attached hydrogen (secondary N) is 1. The molecule has 5 nitrogen and oxygen atoms in total. The number of rotatable bonds is 5. The lowest BCUT2D eigenvalue weighted by molar-refractivity contribution is -0.142. The maximum Gasteiger partial charge on any atom is 0.325 e. The number of nitrogens with zero attached hydrogens (tertiary/aromatic N) is 1. The Kier molecular flexibility index (Phi) is 5.33. The van der Waals surface area contributed by atoms with Crippen molar-refractivity contribution in [3.8, 4) is 0 Å². The van der Waals surface area contributed by atoms with Crippen LogP contribution in [-0.2, 0) is 16.1 Å². The zero-order chi connectivity index (χ0) is 15.2. The predicted molar refractivity (Wildman–Crippen MR) is 79.7 cm³/mol. The third-order valence-electron chi connectivity index (χ3n) is 3.85. The van der Waals surface area contributed by atoms with E-state index in [0.717, 1.165) is 25.9 Å². The minimum Gasteiger partial charge on any atom is -0.480 e. The highest BCUT2D eigenvalue weighted by molar-refractivity contribution is 5.84. The van der Waals surface area contributed by atoms with Crippen molar-refractivity contribution in [1.82, 2.24) is 10.2 Å². The van der Waals surface area contributed by atoms with E-state index in [4.69, 9.17) is 5.11 Å². The summed E-state index contributed by atoms with van der Waals surface area (Å²) in [5.41, 5.74) is 1.23. The quantitative estimate of drug-likeness (QED) is 0.862. The number of carbonyl (C=O) groups excluding carboxylic acids is 1. The molecular weight excluding hydrogens is 268 g/mol. The summed E-state index contributed by atoms with van der Waals surface area (Å²) in [6.45, 7) is 3.99. The Balaban J connectivity index is 1.88. The summed E-state index contributed by atoms with van der Waals surface area (Å²) < 4.78 is 0. The molecule has 1 aliphatic heterocycles. The number of hydrogen-bond acceptors (Lipinski definition) is 3. The van der Waals surface area contributed by atoms with Gasteiger partial charge in [-0.3, -0.25) is 14.5 Å². The summed E-state index contributed by atoms with van der Waals surface area (Å²) in [6.07, 6.45) is 1.79. The zero-order valence-corrected chi connectivity index (χ0v) is 12.3. The van der Waals surface area contributed by atoms with Crippen molar-refractivity contribution in [3.05, 3.63) is 35.9 Å². The van der Waals surface area contributed by atoms with Crippen molar-refractivity contribution in [2.45, 2.75) is 32.4 Å². The minimum absolute atomic E-state index is 0.121. The SMILES string of the molecule is C[C@H](NC(=O)C1CCCN(Cc2ccccc2)C1)C(=O)O. The number of carbonyl (C=O) groups is 2. The topological polar surface area (TPSA) is 69.6 Å². The zero-order valence-electron chi connectivity index (χ0n) is 12.3. The van der Waals surface area contributed by atoms with E-state index in [1.165, 1.54) is 12.5 Å². The second-order valence-electron chi connectivity index (χ2n) is 5.63. The van der Waals surface area contributed by atoms with Gasteiger partial charge in [0.25, 0.3) is 0 Å². The van der Waals surface area contributed by atoms with E-state index in [-0.39, 0.29) is 11.8 Å². The maximum atomic E-state index is 12.1. The van der Waals surface area contributed by atoms with Gasteiger partial charge in [0, 0.05) is 13.1 Å². The van der Waals surface area contributed by atoms with Crippen LogP contribution in [0.4, 0.5) is 0 Å². The number of carboxylic acids is 1. The maximum absolute atomic E-state index is 12.1. The summed E-state index contributed by atoms with van der Waals surface area (Å²) in [5, 5.41) is 11.4. The molecule has 1 aliphatic rings. The normalized spacial score (nSPS) is 20.7. The highest BCUT2D eigenvalue weighted by Gasteiger charge is 2.27. The van der Waals surface area contributed by atoms with Crippen LogP contribution < -0.4 is 5.32 Å². The Labute approximate surface area is 125 Å². The molecule has 114 valence electrons. The molecule has 0 saturated carbocycles. The van der Waals surface area contributed by atoms with Crippen LogP contribution in [0.5, 0.6) is 0 Å². The van der Waals surface area contributed by atoms with Crippen LogP contribution in [-0.4, -0.2) is 41.0 Å². The number of likely N-dealkylation sites (tertiary alicyclic amines) is 1. The summed E-state index contributed by atoms with van der Waals surface area (Å²) in [6, 6.07) is 9.34. The van der Waals surface area contributed by atoms with Gasteiger partial charge >= 0.3 is 5.97 Å². The van der Waals surface area contributed by atoms with Gasteiger partial charge in [-0.2, -0.15) is 0 Å². The van der Waals surface area contributed by atoms with Crippen LogP contribution >= 0.6 is 0 Å². The van der Waals surface area contributed by atoms with E-state index in [2.05, 4.69) is 22.3 Å². The van der Waals surface area contributed by atoms with E-state index >= 15 is 0 Å². The van der Waals surface area contributed by atoms with Gasteiger partial charge < -0.3 is 10.4 Å². The fraction of sp³-hybridized carbons (Fsp3) is 0.500. The van der Waals surface area contributed by atoms with Crippen molar-refractivity contribution in [1.29, 1.82) is 0 Å². The van der Waals surface area contributed by atoms with Crippen molar-refractivity contribution in [3.63, 3.8) is 0 Å². The van der Waals surface area contributed by atoms with Gasteiger partial charge in [0.05, 0.1) is 5.92 Å². The third kappa shape index (κ3) is 4.56. The number of carboxylic acid groups (broad SMARTS) is 1. The molecule has 21 heavy (non-hydrogen) atoms. The minimum atomic E-state index is -1.000. The third-order valence-corrected chi connectivity index (χ3v) is 3.85. The number of aliphatic carboxylic acids is 1. The molecule has 1 aromatic carbocycles. The van der Waals surface area contributed by atoms with Gasteiger partial charge in [-0.1, -0.05) is 30.3 Å². The molecule has 1 heterocycles. The van der Waals surface area contributed by atoms with E-state index in [0.29, 0.717) is 6.54 Å². The van der Waals surface area contributed by atoms with E-state index in [1.54, 1.807) is 0 Å². The van der Waals surface area contributed by atoms with E-state index in [1.807, 2.05) is 18.2 Å². The van der Waals surface area contributed by atoms with Gasteiger partial charge in [0.2, 0.25) is 5.91 Å². The molecule has 1 fully saturated rings. The first kappa shape index (κ1) is 15.5. The van der Waals surface area contributed by atoms with Gasteiger partial charge in [0.1, 0.15) is 6.04 Å². The predicted octanol–water partition coefficient (Wildman–Crippen LogP) is 1.49. The standard InChI is InChI=1S/C16H22N2O3/c1-12(16(20)21)17-15(19)14-8-5-9-18(11-14)10-13-6-3-2-4-7-13/h2-4,6-7,12,14H,5,8-11H2,1H3,(H,17,19)(H,20,21)/t12-,14?/m0/s1. The monoisotopic (exact) mass is 290 g/mol. The first-order valence-electron chi connectivity index (χ1n) is 7.35. The van der Waals surface area contributed by atoms with Crippen LogP contribution in [0.2, 0.25) is 0 Å². The lowest BCUT2D eigenvalue weighted by atomic mass is 9.96. The number of piperidine rings is 1. The molecule has 2 rings (SSSR count). The largest absolute Gasteiger partial charge is 0.480 e. The smallest absolute Gasteiger partial charge is 0.325 e. The van der Waals surface area contributed by atoms with Crippen LogP contribution in [0.25, 0.3) is 0 Å². The summed E-state index contributed by atoms with van der Waals surface area (Å²) in [4.78, 5) is 25.2. The number of benzene rings is 1. The van der Waals surface area contributed by atoms with Crippen LogP contribution in [0, 0.1) is 5.92 Å². The molecule has 1 saturated heterocycles. The molecule has 0 aromatic heterocycles. The van der Waals surface area contributed by atoms with Crippen molar-refractivity contribution in [2.75, 3.05) is 13.1 Å². The van der Waals surface area contributed by atoms with Gasteiger partial charge in [-0.05, 0) is 31.9 Å². The van der Waals surface area contributed by atoms with Gasteiger partial charge in [-0.25, -0.2) is 0 Å². The summed E-state index contributed by atoms with van der Waals surface area (Å²) in [5.74, 6) is -1.27. The molecule has 0 bridgehead atoms. The molecule has 0 aliphatic carbocycles. The second kappa shape index (κ2) is 7.22. The Morgan fingerprint density at radius 1 is 1.38 bits per heavy atom. The van der Waals surface area contributed by atoms with E-state index < -0.39 is 12.0 Å².